The van der Waals surface area contributed by atoms with Gasteiger partial charge in [-0.1, -0.05) is 20.8 Å². The SMILES string of the molecule is CC1CC(C(C)(C)C)N1. The molecular formula is C8H17N. The maximum Gasteiger partial charge on any atom is 0.0133 e. The average molecular weight is 127 g/mol. The minimum Gasteiger partial charge on any atom is -0.311 e. The molecule has 1 N–H and O–H groups in total. The van der Waals surface area contributed by atoms with Crippen LogP contribution in [0.2, 0.25) is 0 Å². The van der Waals surface area contributed by atoms with E-state index in [0.29, 0.717) is 5.41 Å². The Morgan fingerprint density at radius 3 is 1.89 bits per heavy atom. The molecule has 0 aromatic carbocycles. The molecule has 0 bridgehead atoms. The quantitative estimate of drug-likeness (QED) is 0.523. The van der Waals surface area contributed by atoms with E-state index in [1.165, 1.54) is 6.42 Å². The zero-order valence-electron chi connectivity index (χ0n) is 6.86. The molecule has 0 amide bonds. The Hall–Kier alpha value is -0.0400. The van der Waals surface area contributed by atoms with Gasteiger partial charge in [0.2, 0.25) is 0 Å². The largest absolute Gasteiger partial charge is 0.311 e. The summed E-state index contributed by atoms with van der Waals surface area (Å²) in [5.74, 6) is 0. The molecule has 0 aromatic heterocycles. The van der Waals surface area contributed by atoms with E-state index in [-0.39, 0.29) is 0 Å². The minimum absolute atomic E-state index is 0.465. The lowest BCUT2D eigenvalue weighted by atomic mass is 9.78. The van der Waals surface area contributed by atoms with Crippen molar-refractivity contribution in [3.63, 3.8) is 0 Å². The Balaban J connectivity index is 2.32. The number of hydrogen-bond acceptors (Lipinski definition) is 1. The first-order valence-electron chi connectivity index (χ1n) is 3.76. The van der Waals surface area contributed by atoms with E-state index in [1.54, 1.807) is 0 Å². The van der Waals surface area contributed by atoms with Gasteiger partial charge >= 0.3 is 0 Å². The molecule has 1 aliphatic heterocycles. The van der Waals surface area contributed by atoms with E-state index in [9.17, 15) is 0 Å². The molecule has 0 radical (unpaired) electrons. The predicted molar refractivity (Wildman–Crippen MR) is 40.5 cm³/mol. The highest BCUT2D eigenvalue weighted by atomic mass is 15.0. The van der Waals surface area contributed by atoms with E-state index in [2.05, 4.69) is 33.0 Å². The number of rotatable bonds is 0. The lowest BCUT2D eigenvalue weighted by Crippen LogP contribution is -2.56. The molecule has 1 aliphatic rings. The van der Waals surface area contributed by atoms with Gasteiger partial charge in [0.1, 0.15) is 0 Å². The molecule has 54 valence electrons. The van der Waals surface area contributed by atoms with Crippen LogP contribution in [0.15, 0.2) is 0 Å². The molecule has 2 atom stereocenters. The summed E-state index contributed by atoms with van der Waals surface area (Å²) in [5.41, 5.74) is 0.465. The van der Waals surface area contributed by atoms with Gasteiger partial charge in [-0.3, -0.25) is 0 Å². The molecule has 1 nitrogen and oxygen atoms in total. The Kier molecular flexibility index (Phi) is 1.55. The number of hydrogen-bond donors (Lipinski definition) is 1. The van der Waals surface area contributed by atoms with Crippen LogP contribution in [-0.4, -0.2) is 12.1 Å². The first kappa shape index (κ1) is 7.07. The molecular weight excluding hydrogens is 110 g/mol. The fourth-order valence-electron chi connectivity index (χ4n) is 1.28. The normalized spacial score (nSPS) is 36.0. The zero-order valence-corrected chi connectivity index (χ0v) is 6.86. The van der Waals surface area contributed by atoms with Crippen LogP contribution < -0.4 is 5.32 Å². The molecule has 1 heteroatoms. The van der Waals surface area contributed by atoms with Crippen LogP contribution in [0, 0.1) is 5.41 Å². The Bertz CT molecular complexity index is 95.6. The highest BCUT2D eigenvalue weighted by Crippen LogP contribution is 2.28. The molecule has 0 spiro atoms. The van der Waals surface area contributed by atoms with Gasteiger partial charge in [0.15, 0.2) is 0 Å². The third-order valence-corrected chi connectivity index (χ3v) is 2.12. The fraction of sp³-hybridized carbons (Fsp3) is 1.00. The third-order valence-electron chi connectivity index (χ3n) is 2.12. The first-order valence-corrected chi connectivity index (χ1v) is 3.76. The van der Waals surface area contributed by atoms with Gasteiger partial charge in [-0.2, -0.15) is 0 Å². The van der Waals surface area contributed by atoms with Crippen molar-refractivity contribution in [1.29, 1.82) is 0 Å². The molecule has 0 saturated carbocycles. The molecule has 1 heterocycles. The van der Waals surface area contributed by atoms with Crippen molar-refractivity contribution in [3.8, 4) is 0 Å². The lowest BCUT2D eigenvalue weighted by Gasteiger charge is -2.43. The van der Waals surface area contributed by atoms with Crippen molar-refractivity contribution in [1.82, 2.24) is 5.32 Å². The monoisotopic (exact) mass is 127 g/mol. The molecule has 1 rings (SSSR count). The van der Waals surface area contributed by atoms with Crippen molar-refractivity contribution in [2.45, 2.75) is 46.2 Å². The van der Waals surface area contributed by atoms with Crippen LogP contribution in [0.4, 0.5) is 0 Å². The van der Waals surface area contributed by atoms with E-state index >= 15 is 0 Å². The second kappa shape index (κ2) is 1.98. The van der Waals surface area contributed by atoms with Crippen LogP contribution in [-0.2, 0) is 0 Å². The summed E-state index contributed by atoms with van der Waals surface area (Å²) < 4.78 is 0. The van der Waals surface area contributed by atoms with Crippen molar-refractivity contribution >= 4 is 0 Å². The van der Waals surface area contributed by atoms with Crippen molar-refractivity contribution in [2.24, 2.45) is 5.41 Å². The van der Waals surface area contributed by atoms with Gasteiger partial charge in [0.25, 0.3) is 0 Å². The summed E-state index contributed by atoms with van der Waals surface area (Å²) in [4.78, 5) is 0. The second-order valence-electron chi connectivity index (χ2n) is 4.22. The van der Waals surface area contributed by atoms with Gasteiger partial charge in [-0.05, 0) is 18.8 Å². The average Bonchev–Trinajstić information content (AvgIpc) is 1.55. The van der Waals surface area contributed by atoms with Gasteiger partial charge < -0.3 is 5.32 Å². The van der Waals surface area contributed by atoms with E-state index < -0.39 is 0 Å². The summed E-state index contributed by atoms with van der Waals surface area (Å²) in [6.07, 6.45) is 1.35. The lowest BCUT2D eigenvalue weighted by molar-refractivity contribution is 0.148. The van der Waals surface area contributed by atoms with Crippen LogP contribution in [0.3, 0.4) is 0 Å². The van der Waals surface area contributed by atoms with Crippen LogP contribution in [0.25, 0.3) is 0 Å². The highest BCUT2D eigenvalue weighted by molar-refractivity contribution is 4.92. The standard InChI is InChI=1S/C8H17N/c1-6-5-7(9-6)8(2,3)4/h6-7,9H,5H2,1-4H3. The van der Waals surface area contributed by atoms with E-state index in [0.717, 1.165) is 12.1 Å². The van der Waals surface area contributed by atoms with Gasteiger partial charge in [0.05, 0.1) is 0 Å². The van der Waals surface area contributed by atoms with Crippen LogP contribution in [0.1, 0.15) is 34.1 Å². The minimum atomic E-state index is 0.465. The summed E-state index contributed by atoms with van der Waals surface area (Å²) in [6.45, 7) is 9.10. The molecule has 1 saturated heterocycles. The summed E-state index contributed by atoms with van der Waals surface area (Å²) in [6, 6.07) is 1.52. The summed E-state index contributed by atoms with van der Waals surface area (Å²) in [5, 5.41) is 3.48. The van der Waals surface area contributed by atoms with Crippen molar-refractivity contribution in [3.05, 3.63) is 0 Å². The van der Waals surface area contributed by atoms with Gasteiger partial charge in [0, 0.05) is 12.1 Å². The molecule has 2 unspecified atom stereocenters. The highest BCUT2D eigenvalue weighted by Gasteiger charge is 2.33. The topological polar surface area (TPSA) is 12.0 Å². The van der Waals surface area contributed by atoms with E-state index in [1.807, 2.05) is 0 Å². The molecule has 0 aromatic rings. The Morgan fingerprint density at radius 1 is 1.33 bits per heavy atom. The molecule has 9 heavy (non-hydrogen) atoms. The van der Waals surface area contributed by atoms with Gasteiger partial charge in [-0.25, -0.2) is 0 Å². The zero-order chi connectivity index (χ0) is 7.07. The van der Waals surface area contributed by atoms with Crippen molar-refractivity contribution < 1.29 is 0 Å². The third kappa shape index (κ3) is 1.45. The molecule has 0 aliphatic carbocycles. The fourth-order valence-corrected chi connectivity index (χ4v) is 1.28. The smallest absolute Gasteiger partial charge is 0.0133 e. The Morgan fingerprint density at radius 2 is 1.78 bits per heavy atom. The number of nitrogens with one attached hydrogen (secondary N) is 1. The van der Waals surface area contributed by atoms with E-state index in [4.69, 9.17) is 0 Å². The Labute approximate surface area is 57.8 Å². The maximum absolute atomic E-state index is 3.48. The second-order valence-corrected chi connectivity index (χ2v) is 4.22. The molecule has 1 fully saturated rings. The van der Waals surface area contributed by atoms with Crippen molar-refractivity contribution in [2.75, 3.05) is 0 Å². The maximum atomic E-state index is 3.48. The van der Waals surface area contributed by atoms with Crippen LogP contribution >= 0.6 is 0 Å². The summed E-state index contributed by atoms with van der Waals surface area (Å²) in [7, 11) is 0. The first-order chi connectivity index (χ1) is 4.00. The predicted octanol–water partition coefficient (Wildman–Crippen LogP) is 1.78. The van der Waals surface area contributed by atoms with Gasteiger partial charge in [-0.15, -0.1) is 0 Å². The summed E-state index contributed by atoms with van der Waals surface area (Å²) >= 11 is 0. The van der Waals surface area contributed by atoms with Crippen LogP contribution in [0.5, 0.6) is 0 Å².